The minimum atomic E-state index is -0.359. The van der Waals surface area contributed by atoms with Crippen molar-refractivity contribution in [2.75, 3.05) is 26.2 Å². The van der Waals surface area contributed by atoms with Gasteiger partial charge in [0.1, 0.15) is 0 Å². The molecule has 0 unspecified atom stereocenters. The fourth-order valence-electron chi connectivity index (χ4n) is 3.03. The van der Waals surface area contributed by atoms with Crippen LogP contribution in [0, 0.1) is 16.0 Å². The highest BCUT2D eigenvalue weighted by atomic mass is 16.6. The van der Waals surface area contributed by atoms with E-state index in [1.54, 1.807) is 12.1 Å². The first-order chi connectivity index (χ1) is 10.6. The van der Waals surface area contributed by atoms with E-state index in [1.807, 2.05) is 11.0 Å². The predicted octanol–water partition coefficient (Wildman–Crippen LogP) is 2.21. The van der Waals surface area contributed by atoms with Crippen LogP contribution in [0.3, 0.4) is 0 Å². The van der Waals surface area contributed by atoms with Gasteiger partial charge < -0.3 is 4.90 Å². The molecule has 1 atom stereocenters. The fraction of sp³-hybridized carbons (Fsp3) is 0.562. The smallest absolute Gasteiger partial charge is 0.269 e. The summed E-state index contributed by atoms with van der Waals surface area (Å²) >= 11 is 0. The van der Waals surface area contributed by atoms with Crippen LogP contribution >= 0.6 is 0 Å². The molecule has 1 aromatic rings. The van der Waals surface area contributed by atoms with E-state index in [-0.39, 0.29) is 22.6 Å². The van der Waals surface area contributed by atoms with Crippen LogP contribution in [0.15, 0.2) is 24.3 Å². The van der Waals surface area contributed by atoms with Gasteiger partial charge in [-0.15, -0.1) is 0 Å². The fourth-order valence-corrected chi connectivity index (χ4v) is 3.03. The molecular weight excluding hydrogens is 282 g/mol. The Bertz CT molecular complexity index is 578. The number of benzene rings is 1. The van der Waals surface area contributed by atoms with Gasteiger partial charge in [0.25, 0.3) is 5.69 Å². The predicted molar refractivity (Wildman–Crippen MR) is 82.4 cm³/mol. The van der Waals surface area contributed by atoms with E-state index in [0.29, 0.717) is 5.91 Å². The van der Waals surface area contributed by atoms with Crippen molar-refractivity contribution in [3.63, 3.8) is 0 Å². The SMILES string of the molecule is C[C@@H](c1cccc([N+](=O)[O-])c1)N1CCN(C(=O)C2CC2)CC1. The Balaban J connectivity index is 1.61. The Hall–Kier alpha value is -1.95. The number of nitrogens with zero attached hydrogens (tertiary/aromatic N) is 3. The second kappa shape index (κ2) is 6.04. The van der Waals surface area contributed by atoms with Crippen molar-refractivity contribution in [2.24, 2.45) is 5.92 Å². The molecule has 0 spiro atoms. The van der Waals surface area contributed by atoms with Crippen molar-refractivity contribution < 1.29 is 9.72 Å². The lowest BCUT2D eigenvalue weighted by Crippen LogP contribution is -2.49. The molecule has 0 aromatic heterocycles. The van der Waals surface area contributed by atoms with Gasteiger partial charge in [0.05, 0.1) is 4.92 Å². The number of piperazine rings is 1. The summed E-state index contributed by atoms with van der Waals surface area (Å²) in [5, 5.41) is 10.9. The van der Waals surface area contributed by atoms with Crippen LogP contribution in [0.4, 0.5) is 5.69 Å². The average molecular weight is 303 g/mol. The normalized spacial score (nSPS) is 20.7. The lowest BCUT2D eigenvalue weighted by Gasteiger charge is -2.38. The van der Waals surface area contributed by atoms with Crippen molar-refractivity contribution in [2.45, 2.75) is 25.8 Å². The maximum absolute atomic E-state index is 12.1. The lowest BCUT2D eigenvalue weighted by molar-refractivity contribution is -0.385. The van der Waals surface area contributed by atoms with Crippen LogP contribution in [0.5, 0.6) is 0 Å². The third-order valence-corrected chi connectivity index (χ3v) is 4.66. The highest BCUT2D eigenvalue weighted by molar-refractivity contribution is 5.81. The van der Waals surface area contributed by atoms with Gasteiger partial charge in [0, 0.05) is 50.3 Å². The maximum atomic E-state index is 12.1. The highest BCUT2D eigenvalue weighted by Gasteiger charge is 2.35. The van der Waals surface area contributed by atoms with Crippen LogP contribution in [-0.2, 0) is 4.79 Å². The minimum absolute atomic E-state index is 0.123. The van der Waals surface area contributed by atoms with Crippen molar-refractivity contribution in [3.8, 4) is 0 Å². The summed E-state index contributed by atoms with van der Waals surface area (Å²) in [4.78, 5) is 26.8. The zero-order chi connectivity index (χ0) is 15.7. The first-order valence-corrected chi connectivity index (χ1v) is 7.83. The standard InChI is InChI=1S/C16H21N3O3/c1-12(14-3-2-4-15(11-14)19(21)22)17-7-9-18(10-8-17)16(20)13-5-6-13/h2-4,11-13H,5-10H2,1H3/t12-/m0/s1. The average Bonchev–Trinajstić information content (AvgIpc) is 3.38. The Morgan fingerprint density at radius 2 is 1.95 bits per heavy atom. The summed E-state index contributed by atoms with van der Waals surface area (Å²) < 4.78 is 0. The van der Waals surface area contributed by atoms with E-state index in [2.05, 4.69) is 11.8 Å². The molecule has 0 bridgehead atoms. The molecular formula is C16H21N3O3. The summed E-state index contributed by atoms with van der Waals surface area (Å²) in [6.07, 6.45) is 2.09. The number of rotatable bonds is 4. The second-order valence-electron chi connectivity index (χ2n) is 6.16. The molecule has 22 heavy (non-hydrogen) atoms. The molecule has 0 radical (unpaired) electrons. The van der Waals surface area contributed by atoms with Crippen molar-refractivity contribution in [3.05, 3.63) is 39.9 Å². The molecule has 118 valence electrons. The molecule has 3 rings (SSSR count). The van der Waals surface area contributed by atoms with Crippen LogP contribution in [0.2, 0.25) is 0 Å². The highest BCUT2D eigenvalue weighted by Crippen LogP contribution is 2.32. The molecule has 1 saturated carbocycles. The van der Waals surface area contributed by atoms with Crippen molar-refractivity contribution >= 4 is 11.6 Å². The number of nitro benzene ring substituents is 1. The summed E-state index contributed by atoms with van der Waals surface area (Å²) in [6, 6.07) is 6.95. The van der Waals surface area contributed by atoms with Crippen LogP contribution in [0.1, 0.15) is 31.4 Å². The molecule has 0 N–H and O–H groups in total. The molecule has 2 aliphatic rings. The van der Waals surface area contributed by atoms with E-state index in [0.717, 1.165) is 44.6 Å². The molecule has 1 aliphatic heterocycles. The molecule has 1 heterocycles. The number of hydrogen-bond donors (Lipinski definition) is 0. The van der Waals surface area contributed by atoms with Crippen molar-refractivity contribution in [1.82, 2.24) is 9.80 Å². The Kier molecular flexibility index (Phi) is 4.11. The van der Waals surface area contributed by atoms with E-state index in [9.17, 15) is 14.9 Å². The van der Waals surface area contributed by atoms with Crippen LogP contribution in [0.25, 0.3) is 0 Å². The summed E-state index contributed by atoms with van der Waals surface area (Å²) in [5.41, 5.74) is 1.09. The zero-order valence-electron chi connectivity index (χ0n) is 12.8. The van der Waals surface area contributed by atoms with Gasteiger partial charge in [-0.1, -0.05) is 12.1 Å². The van der Waals surface area contributed by atoms with Gasteiger partial charge in [-0.25, -0.2) is 0 Å². The number of carbonyl (C=O) groups is 1. The van der Waals surface area contributed by atoms with Gasteiger partial charge in [-0.3, -0.25) is 19.8 Å². The largest absolute Gasteiger partial charge is 0.340 e. The topological polar surface area (TPSA) is 66.7 Å². The quantitative estimate of drug-likeness (QED) is 0.632. The molecule has 1 aliphatic carbocycles. The van der Waals surface area contributed by atoms with Crippen LogP contribution in [-0.4, -0.2) is 46.8 Å². The summed E-state index contributed by atoms with van der Waals surface area (Å²) in [5.74, 6) is 0.586. The number of carbonyl (C=O) groups excluding carboxylic acids is 1. The third kappa shape index (κ3) is 3.11. The van der Waals surface area contributed by atoms with Gasteiger partial charge >= 0.3 is 0 Å². The Labute approximate surface area is 129 Å². The number of amides is 1. The first-order valence-electron chi connectivity index (χ1n) is 7.83. The molecule has 1 saturated heterocycles. The number of nitro groups is 1. The van der Waals surface area contributed by atoms with Gasteiger partial charge in [0.15, 0.2) is 0 Å². The summed E-state index contributed by atoms with van der Waals surface area (Å²) in [6.45, 7) is 5.23. The Morgan fingerprint density at radius 3 is 2.55 bits per heavy atom. The molecule has 6 heteroatoms. The first kappa shape index (κ1) is 15.0. The molecule has 1 amide bonds. The zero-order valence-corrected chi connectivity index (χ0v) is 12.8. The van der Waals surface area contributed by atoms with E-state index in [4.69, 9.17) is 0 Å². The van der Waals surface area contributed by atoms with Gasteiger partial charge in [-0.2, -0.15) is 0 Å². The molecule has 2 fully saturated rings. The monoisotopic (exact) mass is 303 g/mol. The van der Waals surface area contributed by atoms with Crippen molar-refractivity contribution in [1.29, 1.82) is 0 Å². The molecule has 6 nitrogen and oxygen atoms in total. The third-order valence-electron chi connectivity index (χ3n) is 4.66. The maximum Gasteiger partial charge on any atom is 0.269 e. The van der Waals surface area contributed by atoms with E-state index < -0.39 is 0 Å². The van der Waals surface area contributed by atoms with E-state index in [1.165, 1.54) is 6.07 Å². The van der Waals surface area contributed by atoms with Crippen LogP contribution < -0.4 is 0 Å². The summed E-state index contributed by atoms with van der Waals surface area (Å²) in [7, 11) is 0. The van der Waals surface area contributed by atoms with Gasteiger partial charge in [0.2, 0.25) is 5.91 Å². The van der Waals surface area contributed by atoms with E-state index >= 15 is 0 Å². The van der Waals surface area contributed by atoms with Gasteiger partial charge in [-0.05, 0) is 25.3 Å². The second-order valence-corrected chi connectivity index (χ2v) is 6.16. The lowest BCUT2D eigenvalue weighted by atomic mass is 10.1. The number of non-ortho nitro benzene ring substituents is 1. The number of hydrogen-bond acceptors (Lipinski definition) is 4. The minimum Gasteiger partial charge on any atom is -0.340 e. The molecule has 1 aromatic carbocycles. The Morgan fingerprint density at radius 1 is 1.27 bits per heavy atom.